The molecule has 5 atom stereocenters. The summed E-state index contributed by atoms with van der Waals surface area (Å²) in [7, 11) is 0. The molecule has 0 aliphatic carbocycles. The van der Waals surface area contributed by atoms with Gasteiger partial charge in [0.15, 0.2) is 0 Å². The molecule has 0 bridgehead atoms. The maximum absolute atomic E-state index is 13.2. The number of nitrogens with one attached hydrogen (secondary N) is 3. The van der Waals surface area contributed by atoms with Gasteiger partial charge in [-0.25, -0.2) is 5.43 Å². The lowest BCUT2D eigenvalue weighted by Crippen LogP contribution is -2.61. The molecular formula is C32H43N5O5. The highest BCUT2D eigenvalue weighted by Crippen LogP contribution is 2.24. The van der Waals surface area contributed by atoms with Crippen molar-refractivity contribution < 1.29 is 23.9 Å². The Kier molecular flexibility index (Phi) is 11.4. The third-order valence-corrected chi connectivity index (χ3v) is 7.35. The molecule has 3 rings (SSSR count). The van der Waals surface area contributed by atoms with E-state index in [1.807, 2.05) is 45.0 Å². The number of amides is 3. The molecule has 1 aliphatic heterocycles. The van der Waals surface area contributed by atoms with E-state index in [0.29, 0.717) is 19.4 Å². The van der Waals surface area contributed by atoms with Crippen LogP contribution < -0.4 is 16.1 Å². The number of pyridine rings is 1. The number of fused-ring (bicyclic) bond motifs is 1. The van der Waals surface area contributed by atoms with Crippen molar-refractivity contribution in [2.24, 2.45) is 11.8 Å². The molecule has 1 fully saturated rings. The number of hydrogen-bond acceptors (Lipinski definition) is 7. The number of carbonyl (C=O) groups is 4. The highest BCUT2D eigenvalue weighted by Gasteiger charge is 2.34. The third kappa shape index (κ3) is 8.25. The lowest BCUT2D eigenvalue weighted by molar-refractivity contribution is -0.157. The molecule has 1 aromatic heterocycles. The fourth-order valence-corrected chi connectivity index (χ4v) is 4.77. The molecule has 3 N–H and O–H groups in total. The van der Waals surface area contributed by atoms with Crippen molar-refractivity contribution in [3.8, 4) is 0 Å². The number of esters is 1. The molecule has 10 heteroatoms. The predicted molar refractivity (Wildman–Crippen MR) is 163 cm³/mol. The van der Waals surface area contributed by atoms with Gasteiger partial charge in [0.2, 0.25) is 11.8 Å². The molecule has 2 aromatic rings. The van der Waals surface area contributed by atoms with E-state index in [4.69, 9.17) is 4.74 Å². The number of rotatable bonds is 11. The molecule has 42 heavy (non-hydrogen) atoms. The van der Waals surface area contributed by atoms with Crippen LogP contribution in [-0.4, -0.2) is 58.4 Å². The molecule has 0 saturated carbocycles. The summed E-state index contributed by atoms with van der Waals surface area (Å²) in [4.78, 5) is 56.1. The average molecular weight is 578 g/mol. The van der Waals surface area contributed by atoms with Crippen molar-refractivity contribution in [3.63, 3.8) is 0 Å². The monoisotopic (exact) mass is 577 g/mol. The van der Waals surface area contributed by atoms with Gasteiger partial charge in [-0.2, -0.15) is 0 Å². The first-order valence-electron chi connectivity index (χ1n) is 14.5. The number of ether oxygens (including phenoxy) is 1. The molecule has 10 nitrogen and oxygen atoms in total. The normalized spacial score (nSPS) is 18.3. The lowest BCUT2D eigenvalue weighted by Gasteiger charge is -2.35. The zero-order valence-corrected chi connectivity index (χ0v) is 25.3. The van der Waals surface area contributed by atoms with E-state index in [1.54, 1.807) is 45.2 Å². The predicted octanol–water partition coefficient (Wildman–Crippen LogP) is 3.84. The minimum Gasteiger partial charge on any atom is -0.457 e. The molecule has 1 saturated heterocycles. The minimum atomic E-state index is -0.877. The molecular weight excluding hydrogens is 534 g/mol. The van der Waals surface area contributed by atoms with Gasteiger partial charge in [-0.15, -0.1) is 0 Å². The maximum Gasteiger partial charge on any atom is 0.325 e. The van der Waals surface area contributed by atoms with Gasteiger partial charge in [0.05, 0.1) is 11.6 Å². The lowest BCUT2D eigenvalue weighted by atomic mass is 10.0. The van der Waals surface area contributed by atoms with Crippen molar-refractivity contribution in [2.45, 2.75) is 78.6 Å². The van der Waals surface area contributed by atoms with E-state index < -0.39 is 36.1 Å². The van der Waals surface area contributed by atoms with Gasteiger partial charge in [0.25, 0.3) is 5.91 Å². The summed E-state index contributed by atoms with van der Waals surface area (Å²) in [5.74, 6) is -2.13. The summed E-state index contributed by atoms with van der Waals surface area (Å²) in [6.45, 7) is 14.8. The van der Waals surface area contributed by atoms with Gasteiger partial charge >= 0.3 is 5.97 Å². The number of hydrazine groups is 1. The highest BCUT2D eigenvalue weighted by molar-refractivity contribution is 5.93. The molecule has 0 spiro atoms. The highest BCUT2D eigenvalue weighted by atomic mass is 16.5. The van der Waals surface area contributed by atoms with Gasteiger partial charge in [-0.05, 0) is 68.7 Å². The van der Waals surface area contributed by atoms with Crippen LogP contribution in [0.2, 0.25) is 0 Å². The summed E-state index contributed by atoms with van der Waals surface area (Å²) in [6.07, 6.45) is 7.58. The first-order valence-corrected chi connectivity index (χ1v) is 14.5. The second kappa shape index (κ2) is 14.7. The van der Waals surface area contributed by atoms with Crippen LogP contribution in [0, 0.1) is 11.8 Å². The van der Waals surface area contributed by atoms with E-state index >= 15 is 0 Å². The van der Waals surface area contributed by atoms with E-state index in [9.17, 15) is 19.2 Å². The van der Waals surface area contributed by atoms with E-state index in [2.05, 4.69) is 27.6 Å². The van der Waals surface area contributed by atoms with Crippen LogP contribution >= 0.6 is 0 Å². The zero-order valence-electron chi connectivity index (χ0n) is 25.3. The summed E-state index contributed by atoms with van der Waals surface area (Å²) in [6, 6.07) is 5.34. The van der Waals surface area contributed by atoms with Gasteiger partial charge in [-0.3, -0.25) is 29.2 Å². The number of allylic oxidation sites excluding steroid dienone is 1. The largest absolute Gasteiger partial charge is 0.457 e. The first-order chi connectivity index (χ1) is 19.9. The van der Waals surface area contributed by atoms with E-state index in [-0.39, 0.29) is 23.7 Å². The third-order valence-electron chi connectivity index (χ3n) is 7.35. The summed E-state index contributed by atoms with van der Waals surface area (Å²) in [5, 5.41) is 8.81. The molecule has 1 aliphatic rings. The first kappa shape index (κ1) is 32.5. The number of nitrogens with zero attached hydrogens (tertiary/aromatic N) is 2. The second-order valence-electron chi connectivity index (χ2n) is 11.1. The van der Waals surface area contributed by atoms with Crippen molar-refractivity contribution in [1.82, 2.24) is 26.1 Å². The van der Waals surface area contributed by atoms with Crippen LogP contribution in [-0.2, 0) is 23.9 Å². The molecule has 3 amide bonds. The Morgan fingerprint density at radius 3 is 2.48 bits per heavy atom. The SMILES string of the molecule is C=Cc1cc2cc(C(C)OC(=O)C3CCCN(C(=O)C(C)NC(=O)C(NC(=O)C(C)C=CC)C(C)C)N3)ccc2cn1. The Morgan fingerprint density at radius 1 is 1.07 bits per heavy atom. The van der Waals surface area contributed by atoms with Gasteiger partial charge < -0.3 is 15.4 Å². The van der Waals surface area contributed by atoms with Crippen molar-refractivity contribution in [2.75, 3.05) is 6.54 Å². The smallest absolute Gasteiger partial charge is 0.325 e. The van der Waals surface area contributed by atoms with E-state index in [1.165, 1.54) is 5.01 Å². The number of hydrogen-bond donors (Lipinski definition) is 3. The molecule has 5 unspecified atom stereocenters. The molecule has 1 aromatic carbocycles. The van der Waals surface area contributed by atoms with Crippen LogP contribution in [0.5, 0.6) is 0 Å². The van der Waals surface area contributed by atoms with Crippen LogP contribution in [0.3, 0.4) is 0 Å². The Bertz CT molecular complexity index is 1340. The van der Waals surface area contributed by atoms with Gasteiger partial charge in [0, 0.05) is 18.1 Å². The van der Waals surface area contributed by atoms with Crippen LogP contribution in [0.15, 0.2) is 49.2 Å². The standard InChI is InChI=1S/C32H43N5O5/c1-8-11-20(5)29(38)35-28(19(3)4)30(39)34-21(6)31(40)37-15-10-12-27(36-37)32(41)42-22(7)23-13-14-24-18-33-26(9-2)17-25(24)16-23/h8-9,11,13-14,16-22,27-28,36H,2,10,12,15H2,1,3-7H3,(H,34,39)(H,35,38). The minimum absolute atomic E-state index is 0.188. The molecule has 226 valence electrons. The zero-order chi connectivity index (χ0) is 31.0. The van der Waals surface area contributed by atoms with Gasteiger partial charge in [-0.1, -0.05) is 51.6 Å². The van der Waals surface area contributed by atoms with Crippen LogP contribution in [0.1, 0.15) is 71.7 Å². The fourth-order valence-electron chi connectivity index (χ4n) is 4.77. The Morgan fingerprint density at radius 2 is 1.81 bits per heavy atom. The second-order valence-corrected chi connectivity index (χ2v) is 11.1. The number of aromatic nitrogens is 1. The van der Waals surface area contributed by atoms with Crippen molar-refractivity contribution >= 4 is 40.5 Å². The number of benzene rings is 1. The number of carbonyl (C=O) groups excluding carboxylic acids is 4. The quantitative estimate of drug-likeness (QED) is 0.273. The molecule has 2 heterocycles. The average Bonchev–Trinajstić information content (AvgIpc) is 2.98. The van der Waals surface area contributed by atoms with Crippen molar-refractivity contribution in [1.29, 1.82) is 0 Å². The molecule has 0 radical (unpaired) electrons. The maximum atomic E-state index is 13.2. The van der Waals surface area contributed by atoms with Gasteiger partial charge in [0.1, 0.15) is 24.2 Å². The Balaban J connectivity index is 1.59. The topological polar surface area (TPSA) is 130 Å². The Labute approximate surface area is 247 Å². The Hall–Kier alpha value is -4.05. The summed E-state index contributed by atoms with van der Waals surface area (Å²) >= 11 is 0. The van der Waals surface area contributed by atoms with Crippen LogP contribution in [0.25, 0.3) is 16.8 Å². The van der Waals surface area contributed by atoms with Crippen LogP contribution in [0.4, 0.5) is 0 Å². The van der Waals surface area contributed by atoms with E-state index in [0.717, 1.165) is 22.0 Å². The summed E-state index contributed by atoms with van der Waals surface area (Å²) < 4.78 is 5.78. The van der Waals surface area contributed by atoms with Crippen molar-refractivity contribution in [3.05, 3.63) is 60.5 Å². The fraction of sp³-hybridized carbons (Fsp3) is 0.469. The summed E-state index contributed by atoms with van der Waals surface area (Å²) in [5.41, 5.74) is 4.58.